The summed E-state index contributed by atoms with van der Waals surface area (Å²) in [6.07, 6.45) is 1.64. The molecule has 2 aliphatic rings. The van der Waals surface area contributed by atoms with E-state index in [1.165, 1.54) is 7.11 Å². The number of aromatic nitrogens is 4. The predicted octanol–water partition coefficient (Wildman–Crippen LogP) is 1.65. The number of rotatable bonds is 5. The van der Waals surface area contributed by atoms with Gasteiger partial charge in [-0.05, 0) is 34.2 Å². The Morgan fingerprint density at radius 2 is 2.15 bits per heavy atom. The first-order valence-electron chi connectivity index (χ1n) is 11.0. The normalized spacial score (nSPS) is 22.4. The molecule has 0 spiro atoms. The van der Waals surface area contributed by atoms with E-state index in [1.807, 2.05) is 32.7 Å². The minimum Gasteiger partial charge on any atom is -0.467 e. The minimum absolute atomic E-state index is 0.0321. The number of nitrogens with one attached hydrogen (secondary N) is 2. The van der Waals surface area contributed by atoms with Crippen LogP contribution in [-0.4, -0.2) is 91.9 Å². The quantitative estimate of drug-likeness (QED) is 0.613. The van der Waals surface area contributed by atoms with Crippen molar-refractivity contribution in [3.05, 3.63) is 23.3 Å². The number of amides is 2. The molecule has 2 aliphatic heterocycles. The summed E-state index contributed by atoms with van der Waals surface area (Å²) >= 11 is 0. The third-order valence-electron chi connectivity index (χ3n) is 6.67. The van der Waals surface area contributed by atoms with Crippen molar-refractivity contribution in [1.82, 2.24) is 34.9 Å². The molecule has 1 saturated heterocycles. The van der Waals surface area contributed by atoms with E-state index in [9.17, 15) is 14.3 Å². The first-order chi connectivity index (χ1) is 15.7. The molecule has 0 aliphatic carbocycles. The molecule has 0 saturated carbocycles. The van der Waals surface area contributed by atoms with Crippen LogP contribution in [0.25, 0.3) is 0 Å². The molecule has 4 rings (SSSR count). The molecule has 1 fully saturated rings. The van der Waals surface area contributed by atoms with Crippen LogP contribution in [0.3, 0.4) is 0 Å². The van der Waals surface area contributed by atoms with Crippen molar-refractivity contribution >= 4 is 17.7 Å². The number of urea groups is 1. The van der Waals surface area contributed by atoms with E-state index in [2.05, 4.69) is 30.4 Å². The highest BCUT2D eigenvalue weighted by atomic mass is 19.1. The molecular formula is C21H31FN8O3. The highest BCUT2D eigenvalue weighted by Crippen LogP contribution is 2.42. The lowest BCUT2D eigenvalue weighted by Crippen LogP contribution is -2.61. The van der Waals surface area contributed by atoms with E-state index in [1.54, 1.807) is 4.90 Å². The molecular weight excluding hydrogens is 431 g/mol. The predicted molar refractivity (Wildman–Crippen MR) is 119 cm³/mol. The van der Waals surface area contributed by atoms with Gasteiger partial charge in [0.2, 0.25) is 0 Å². The number of carbonyl (C=O) groups excluding carboxylic acids is 1. The van der Waals surface area contributed by atoms with Gasteiger partial charge in [-0.3, -0.25) is 10.00 Å². The Bertz CT molecular complexity index is 1030. The van der Waals surface area contributed by atoms with E-state index in [0.29, 0.717) is 25.3 Å². The summed E-state index contributed by atoms with van der Waals surface area (Å²) in [5.74, 6) is -0.296. The molecule has 0 unspecified atom stereocenters. The molecule has 2 aromatic rings. The molecule has 2 atom stereocenters. The van der Waals surface area contributed by atoms with E-state index >= 15 is 0 Å². The fourth-order valence-corrected chi connectivity index (χ4v) is 4.67. The summed E-state index contributed by atoms with van der Waals surface area (Å²) < 4.78 is 19.2. The van der Waals surface area contributed by atoms with Crippen molar-refractivity contribution in [2.24, 2.45) is 0 Å². The standard InChI is InChI=1S/C21H31FN8O3/c1-12-9-28(4)13(6-7-31)10-29(12)20(32)30-11-14-16(21(30,2)3)26-27-17(14)24-18-15(22)8-23-19(25-18)33-5/h8,12-13,31H,6-7,9-11H2,1-5H3,(H2,23,24,25,26,27)/t12-,13+/m0/s1. The first-order valence-corrected chi connectivity index (χ1v) is 11.0. The zero-order chi connectivity index (χ0) is 23.9. The van der Waals surface area contributed by atoms with Gasteiger partial charge in [0.05, 0.1) is 31.1 Å². The van der Waals surface area contributed by atoms with Crippen LogP contribution >= 0.6 is 0 Å². The van der Waals surface area contributed by atoms with E-state index in [-0.39, 0.29) is 36.6 Å². The zero-order valence-corrected chi connectivity index (χ0v) is 19.6. The number of nitrogens with zero attached hydrogens (tertiary/aromatic N) is 6. The second kappa shape index (κ2) is 8.75. The number of piperazine rings is 1. The van der Waals surface area contributed by atoms with Crippen LogP contribution in [0.1, 0.15) is 38.4 Å². The van der Waals surface area contributed by atoms with Crippen molar-refractivity contribution in [2.75, 3.05) is 39.2 Å². The van der Waals surface area contributed by atoms with Gasteiger partial charge in [-0.15, -0.1) is 0 Å². The lowest BCUT2D eigenvalue weighted by molar-refractivity contribution is 0.0337. The summed E-state index contributed by atoms with van der Waals surface area (Å²) in [5.41, 5.74) is 0.920. The van der Waals surface area contributed by atoms with Gasteiger partial charge in [0.1, 0.15) is 0 Å². The zero-order valence-electron chi connectivity index (χ0n) is 19.6. The van der Waals surface area contributed by atoms with Crippen LogP contribution in [0.15, 0.2) is 6.20 Å². The highest BCUT2D eigenvalue weighted by molar-refractivity contribution is 5.78. The van der Waals surface area contributed by atoms with Gasteiger partial charge < -0.3 is 25.0 Å². The maximum Gasteiger partial charge on any atom is 0.321 e. The Labute approximate surface area is 191 Å². The van der Waals surface area contributed by atoms with Crippen molar-refractivity contribution in [1.29, 1.82) is 0 Å². The van der Waals surface area contributed by atoms with Crippen LogP contribution in [-0.2, 0) is 12.1 Å². The van der Waals surface area contributed by atoms with Crippen molar-refractivity contribution in [3.63, 3.8) is 0 Å². The number of aliphatic hydroxyl groups excluding tert-OH is 1. The van der Waals surface area contributed by atoms with E-state index in [0.717, 1.165) is 24.0 Å². The summed E-state index contributed by atoms with van der Waals surface area (Å²) in [6.45, 7) is 7.62. The number of methoxy groups -OCH3 is 1. The summed E-state index contributed by atoms with van der Waals surface area (Å²) in [5, 5.41) is 19.6. The number of carbonyl (C=O) groups is 1. The van der Waals surface area contributed by atoms with Crippen LogP contribution < -0.4 is 10.1 Å². The van der Waals surface area contributed by atoms with Gasteiger partial charge in [0.25, 0.3) is 0 Å². The van der Waals surface area contributed by atoms with Gasteiger partial charge in [-0.2, -0.15) is 10.1 Å². The number of aliphatic hydroxyl groups is 1. The number of halogens is 1. The molecule has 0 bridgehead atoms. The van der Waals surface area contributed by atoms with Gasteiger partial charge in [0, 0.05) is 37.3 Å². The number of hydrogen-bond donors (Lipinski definition) is 3. The molecule has 3 N–H and O–H groups in total. The molecule has 11 nitrogen and oxygen atoms in total. The number of ether oxygens (including phenoxy) is 1. The Balaban J connectivity index is 1.57. The Morgan fingerprint density at radius 3 is 2.85 bits per heavy atom. The molecule has 2 amide bonds. The third-order valence-corrected chi connectivity index (χ3v) is 6.67. The second-order valence-corrected chi connectivity index (χ2v) is 9.14. The maximum atomic E-state index is 14.2. The number of fused-ring (bicyclic) bond motifs is 1. The molecule has 0 aromatic carbocycles. The largest absolute Gasteiger partial charge is 0.467 e. The Kier molecular flexibility index (Phi) is 6.14. The van der Waals surface area contributed by atoms with E-state index < -0.39 is 11.4 Å². The van der Waals surface area contributed by atoms with Gasteiger partial charge in [0.15, 0.2) is 17.5 Å². The van der Waals surface area contributed by atoms with Gasteiger partial charge in [-0.25, -0.2) is 14.2 Å². The van der Waals surface area contributed by atoms with Crippen molar-refractivity contribution < 1.29 is 19.0 Å². The average Bonchev–Trinajstić information content (AvgIpc) is 3.29. The average molecular weight is 463 g/mol. The lowest BCUT2D eigenvalue weighted by Gasteiger charge is -2.46. The van der Waals surface area contributed by atoms with Crippen molar-refractivity contribution in [3.8, 4) is 6.01 Å². The van der Waals surface area contributed by atoms with Crippen LogP contribution in [0.4, 0.5) is 20.8 Å². The fourth-order valence-electron chi connectivity index (χ4n) is 4.67. The third kappa shape index (κ3) is 4.08. The highest BCUT2D eigenvalue weighted by Gasteiger charge is 2.46. The number of hydrogen-bond acceptors (Lipinski definition) is 8. The summed E-state index contributed by atoms with van der Waals surface area (Å²) in [4.78, 5) is 27.3. The van der Waals surface area contributed by atoms with Gasteiger partial charge in [-0.1, -0.05) is 0 Å². The monoisotopic (exact) mass is 462 g/mol. The summed E-state index contributed by atoms with van der Waals surface area (Å²) in [6, 6.07) is 0.0949. The maximum absolute atomic E-state index is 14.2. The fraction of sp³-hybridized carbons (Fsp3) is 0.619. The lowest BCUT2D eigenvalue weighted by atomic mass is 10.0. The van der Waals surface area contributed by atoms with E-state index in [4.69, 9.17) is 4.74 Å². The van der Waals surface area contributed by atoms with Crippen LogP contribution in [0, 0.1) is 5.82 Å². The minimum atomic E-state index is -0.642. The topological polar surface area (TPSA) is 123 Å². The molecule has 180 valence electrons. The van der Waals surface area contributed by atoms with Crippen LogP contribution in [0.2, 0.25) is 0 Å². The number of anilines is 2. The number of H-pyrrole nitrogens is 1. The SMILES string of the molecule is COc1ncc(F)c(Nc2n[nH]c3c2CN(C(=O)N2C[C@@H](CCO)N(C)C[C@@H]2C)C3(C)C)n1. The summed E-state index contributed by atoms with van der Waals surface area (Å²) in [7, 11) is 3.42. The van der Waals surface area contributed by atoms with Crippen LogP contribution in [0.5, 0.6) is 6.01 Å². The first kappa shape index (κ1) is 23.2. The second-order valence-electron chi connectivity index (χ2n) is 9.14. The molecule has 2 aromatic heterocycles. The molecule has 0 radical (unpaired) electrons. The Morgan fingerprint density at radius 1 is 1.39 bits per heavy atom. The molecule has 12 heteroatoms. The smallest absolute Gasteiger partial charge is 0.321 e. The Hall–Kier alpha value is -2.99. The molecule has 33 heavy (non-hydrogen) atoms. The van der Waals surface area contributed by atoms with Crippen molar-refractivity contribution in [2.45, 2.75) is 51.4 Å². The number of aromatic amines is 1. The van der Waals surface area contributed by atoms with Gasteiger partial charge >= 0.3 is 12.0 Å². The number of likely N-dealkylation sites (N-methyl/N-ethyl adjacent to an activating group) is 1. The molecule has 4 heterocycles.